The van der Waals surface area contributed by atoms with Gasteiger partial charge >= 0.3 is 0 Å². The van der Waals surface area contributed by atoms with Gasteiger partial charge < -0.3 is 29.1 Å². The summed E-state index contributed by atoms with van der Waals surface area (Å²) in [6, 6.07) is 8.31. The fourth-order valence-corrected chi connectivity index (χ4v) is 2.84. The van der Waals surface area contributed by atoms with Crippen molar-refractivity contribution in [3.63, 3.8) is 0 Å². The van der Waals surface area contributed by atoms with Crippen LogP contribution in [0.2, 0.25) is 0 Å². The number of benzene rings is 1. The maximum Gasteiger partial charge on any atom is 0.291 e. The standard InChI is InChI=1S/C22H24N4O5/c1-29-18-7-6-16(14-20(18)30-2)13-17(25-22(28)19-5-3-12-31-19)21(27)24-8-4-10-26-11-9-23-15-26/h3,5-7,9,11-15H,4,8,10H2,1-2H3,(H,24,27)(H,25,28). The lowest BCUT2D eigenvalue weighted by atomic mass is 10.1. The molecule has 2 N–H and O–H groups in total. The van der Waals surface area contributed by atoms with Gasteiger partial charge in [0, 0.05) is 25.5 Å². The second-order valence-corrected chi connectivity index (χ2v) is 6.51. The van der Waals surface area contributed by atoms with Crippen molar-refractivity contribution in [1.29, 1.82) is 0 Å². The summed E-state index contributed by atoms with van der Waals surface area (Å²) in [5.74, 6) is 0.232. The lowest BCUT2D eigenvalue weighted by molar-refractivity contribution is -0.117. The number of carbonyl (C=O) groups is 2. The zero-order valence-corrected chi connectivity index (χ0v) is 17.3. The van der Waals surface area contributed by atoms with E-state index in [0.717, 1.165) is 0 Å². The normalized spacial score (nSPS) is 11.1. The molecule has 31 heavy (non-hydrogen) atoms. The number of nitrogens with zero attached hydrogens (tertiary/aromatic N) is 2. The molecule has 0 radical (unpaired) electrons. The first-order valence-corrected chi connectivity index (χ1v) is 9.63. The molecule has 0 spiro atoms. The molecule has 0 atom stereocenters. The maximum atomic E-state index is 12.8. The highest BCUT2D eigenvalue weighted by molar-refractivity contribution is 6.04. The first-order chi connectivity index (χ1) is 15.1. The van der Waals surface area contributed by atoms with E-state index in [2.05, 4.69) is 15.6 Å². The molecule has 2 amide bonds. The number of furan rings is 1. The van der Waals surface area contributed by atoms with E-state index in [4.69, 9.17) is 13.9 Å². The van der Waals surface area contributed by atoms with Gasteiger partial charge in [-0.25, -0.2) is 4.98 Å². The Morgan fingerprint density at radius 3 is 2.71 bits per heavy atom. The summed E-state index contributed by atoms with van der Waals surface area (Å²) in [4.78, 5) is 29.2. The molecule has 0 aliphatic rings. The lowest BCUT2D eigenvalue weighted by Gasteiger charge is -2.12. The number of hydrogen-bond acceptors (Lipinski definition) is 6. The fourth-order valence-electron chi connectivity index (χ4n) is 2.84. The summed E-state index contributed by atoms with van der Waals surface area (Å²) in [5, 5.41) is 5.44. The van der Waals surface area contributed by atoms with Crippen LogP contribution >= 0.6 is 0 Å². The topological polar surface area (TPSA) is 108 Å². The molecule has 3 aromatic rings. The summed E-state index contributed by atoms with van der Waals surface area (Å²) < 4.78 is 17.6. The molecule has 0 aliphatic carbocycles. The average Bonchev–Trinajstić information content (AvgIpc) is 3.50. The van der Waals surface area contributed by atoms with Crippen LogP contribution in [0.1, 0.15) is 22.5 Å². The third kappa shape index (κ3) is 5.99. The predicted molar refractivity (Wildman–Crippen MR) is 114 cm³/mol. The van der Waals surface area contributed by atoms with E-state index in [0.29, 0.717) is 36.6 Å². The van der Waals surface area contributed by atoms with E-state index in [1.54, 1.807) is 50.0 Å². The van der Waals surface area contributed by atoms with Gasteiger partial charge in [-0.1, -0.05) is 6.07 Å². The van der Waals surface area contributed by atoms with Gasteiger partial charge in [0.15, 0.2) is 17.3 Å². The van der Waals surface area contributed by atoms with Crippen LogP contribution < -0.4 is 20.1 Å². The molecule has 2 heterocycles. The van der Waals surface area contributed by atoms with Crippen molar-refractivity contribution < 1.29 is 23.5 Å². The Hall–Kier alpha value is -4.01. The van der Waals surface area contributed by atoms with E-state index in [1.807, 2.05) is 10.8 Å². The van der Waals surface area contributed by atoms with E-state index in [1.165, 1.54) is 19.4 Å². The SMILES string of the molecule is COc1ccc(C=C(NC(=O)c2ccco2)C(=O)NCCCn2ccnc2)cc1OC. The largest absolute Gasteiger partial charge is 0.493 e. The van der Waals surface area contributed by atoms with Gasteiger partial charge in [-0.15, -0.1) is 0 Å². The van der Waals surface area contributed by atoms with Crippen LogP contribution in [0.4, 0.5) is 0 Å². The van der Waals surface area contributed by atoms with Crippen molar-refractivity contribution in [2.45, 2.75) is 13.0 Å². The summed E-state index contributed by atoms with van der Waals surface area (Å²) in [5.41, 5.74) is 0.734. The summed E-state index contributed by atoms with van der Waals surface area (Å²) in [6.45, 7) is 1.14. The Kier molecular flexibility index (Phi) is 7.47. The highest BCUT2D eigenvalue weighted by Crippen LogP contribution is 2.28. The summed E-state index contributed by atoms with van der Waals surface area (Å²) >= 11 is 0. The quantitative estimate of drug-likeness (QED) is 0.382. The van der Waals surface area contributed by atoms with Crippen LogP contribution in [0.5, 0.6) is 11.5 Å². The van der Waals surface area contributed by atoms with Gasteiger partial charge in [0.05, 0.1) is 26.8 Å². The van der Waals surface area contributed by atoms with Crippen LogP contribution in [-0.4, -0.2) is 42.1 Å². The molecule has 0 saturated heterocycles. The van der Waals surface area contributed by atoms with Gasteiger partial charge in [0.2, 0.25) is 0 Å². The number of imidazole rings is 1. The molecule has 0 saturated carbocycles. The van der Waals surface area contributed by atoms with E-state index < -0.39 is 11.8 Å². The molecule has 1 aromatic carbocycles. The Labute approximate surface area is 179 Å². The molecule has 0 aliphatic heterocycles. The van der Waals surface area contributed by atoms with Gasteiger partial charge in [0.1, 0.15) is 5.70 Å². The molecule has 9 heteroatoms. The minimum Gasteiger partial charge on any atom is -0.493 e. The van der Waals surface area contributed by atoms with Crippen molar-refractivity contribution in [2.24, 2.45) is 0 Å². The molecule has 0 bridgehead atoms. The third-order valence-corrected chi connectivity index (χ3v) is 4.39. The fraction of sp³-hybridized carbons (Fsp3) is 0.227. The molecular weight excluding hydrogens is 400 g/mol. The van der Waals surface area contributed by atoms with Crippen LogP contribution in [0.3, 0.4) is 0 Å². The van der Waals surface area contributed by atoms with Crippen LogP contribution in [0.25, 0.3) is 6.08 Å². The summed E-state index contributed by atoms with van der Waals surface area (Å²) in [7, 11) is 3.07. The first-order valence-electron chi connectivity index (χ1n) is 9.63. The predicted octanol–water partition coefficient (Wildman–Crippen LogP) is 2.47. The Morgan fingerprint density at radius 1 is 1.19 bits per heavy atom. The minimum atomic E-state index is -0.523. The number of hydrogen-bond donors (Lipinski definition) is 2. The van der Waals surface area contributed by atoms with E-state index in [-0.39, 0.29) is 11.5 Å². The number of carbonyl (C=O) groups excluding carboxylic acids is 2. The number of aromatic nitrogens is 2. The van der Waals surface area contributed by atoms with Crippen LogP contribution in [0.15, 0.2) is 65.4 Å². The maximum absolute atomic E-state index is 12.8. The van der Waals surface area contributed by atoms with Crippen molar-refractivity contribution in [1.82, 2.24) is 20.2 Å². The first kappa shape index (κ1) is 21.7. The number of amides is 2. The van der Waals surface area contributed by atoms with Gasteiger partial charge in [0.25, 0.3) is 11.8 Å². The van der Waals surface area contributed by atoms with Gasteiger partial charge in [-0.3, -0.25) is 9.59 Å². The molecule has 2 aromatic heterocycles. The van der Waals surface area contributed by atoms with Crippen molar-refractivity contribution in [3.05, 3.63) is 72.3 Å². The zero-order valence-electron chi connectivity index (χ0n) is 17.3. The van der Waals surface area contributed by atoms with E-state index >= 15 is 0 Å². The molecule has 0 unspecified atom stereocenters. The number of methoxy groups -OCH3 is 2. The Bertz CT molecular complexity index is 1030. The molecular formula is C22H24N4O5. The molecule has 162 valence electrons. The van der Waals surface area contributed by atoms with Gasteiger partial charge in [-0.05, 0) is 42.3 Å². The van der Waals surface area contributed by atoms with Gasteiger partial charge in [-0.2, -0.15) is 0 Å². The van der Waals surface area contributed by atoms with Crippen LogP contribution in [-0.2, 0) is 11.3 Å². The number of aryl methyl sites for hydroxylation is 1. The third-order valence-electron chi connectivity index (χ3n) is 4.39. The zero-order chi connectivity index (χ0) is 22.1. The Morgan fingerprint density at radius 2 is 2.03 bits per heavy atom. The highest BCUT2D eigenvalue weighted by atomic mass is 16.5. The highest BCUT2D eigenvalue weighted by Gasteiger charge is 2.16. The lowest BCUT2D eigenvalue weighted by Crippen LogP contribution is -2.35. The number of nitrogens with one attached hydrogen (secondary N) is 2. The summed E-state index contributed by atoms with van der Waals surface area (Å²) in [6.07, 6.45) is 8.93. The second-order valence-electron chi connectivity index (χ2n) is 6.51. The second kappa shape index (κ2) is 10.7. The van der Waals surface area contributed by atoms with Crippen molar-refractivity contribution >= 4 is 17.9 Å². The Balaban J connectivity index is 1.74. The van der Waals surface area contributed by atoms with E-state index in [9.17, 15) is 9.59 Å². The van der Waals surface area contributed by atoms with Crippen LogP contribution in [0, 0.1) is 0 Å². The molecule has 0 fully saturated rings. The number of rotatable bonds is 10. The molecule has 9 nitrogen and oxygen atoms in total. The average molecular weight is 424 g/mol. The monoisotopic (exact) mass is 424 g/mol. The number of ether oxygens (including phenoxy) is 2. The van der Waals surface area contributed by atoms with Crippen molar-refractivity contribution in [3.8, 4) is 11.5 Å². The minimum absolute atomic E-state index is 0.0799. The van der Waals surface area contributed by atoms with Crippen molar-refractivity contribution in [2.75, 3.05) is 20.8 Å². The smallest absolute Gasteiger partial charge is 0.291 e. The molecule has 3 rings (SSSR count).